The number of nitriles is 1. The highest BCUT2D eigenvalue weighted by atomic mass is 15.3. The van der Waals surface area contributed by atoms with Crippen molar-refractivity contribution in [2.45, 2.75) is 25.8 Å². The van der Waals surface area contributed by atoms with E-state index in [1.807, 2.05) is 23.1 Å². The lowest BCUT2D eigenvalue weighted by molar-refractivity contribution is 0.465. The zero-order chi connectivity index (χ0) is 13.9. The number of fused-ring (bicyclic) bond motifs is 1. The minimum atomic E-state index is 0.201. The van der Waals surface area contributed by atoms with E-state index in [2.05, 4.69) is 33.0 Å². The smallest absolute Gasteiger partial charge is 0.141 e. The first-order valence-electron chi connectivity index (χ1n) is 6.49. The van der Waals surface area contributed by atoms with Gasteiger partial charge in [0, 0.05) is 29.8 Å². The number of hydrogen-bond donors (Lipinski definition) is 1. The molecule has 0 radical (unpaired) electrons. The molecule has 3 heterocycles. The molecule has 1 atom stereocenters. The summed E-state index contributed by atoms with van der Waals surface area (Å²) in [6.45, 7) is 2.06. The Kier molecular flexibility index (Phi) is 3.17. The summed E-state index contributed by atoms with van der Waals surface area (Å²) in [7, 11) is 0. The Labute approximate surface area is 116 Å². The van der Waals surface area contributed by atoms with Crippen LogP contribution in [0.4, 0.5) is 0 Å². The van der Waals surface area contributed by atoms with Crippen LogP contribution in [0, 0.1) is 11.3 Å². The van der Waals surface area contributed by atoms with Crippen LogP contribution in [-0.4, -0.2) is 24.7 Å². The van der Waals surface area contributed by atoms with Crippen LogP contribution in [0.2, 0.25) is 0 Å². The third kappa shape index (κ3) is 2.14. The number of aromatic nitrogens is 5. The zero-order valence-electron chi connectivity index (χ0n) is 11.1. The van der Waals surface area contributed by atoms with Crippen LogP contribution >= 0.6 is 0 Å². The van der Waals surface area contributed by atoms with Gasteiger partial charge in [-0.2, -0.15) is 10.4 Å². The molecule has 0 bridgehead atoms. The van der Waals surface area contributed by atoms with E-state index in [1.54, 1.807) is 12.5 Å². The van der Waals surface area contributed by atoms with Gasteiger partial charge in [0.1, 0.15) is 12.0 Å². The highest BCUT2D eigenvalue weighted by Gasteiger charge is 2.11. The third-order valence-electron chi connectivity index (χ3n) is 3.35. The topological polar surface area (TPSA) is 83.2 Å². The van der Waals surface area contributed by atoms with Gasteiger partial charge in [0.05, 0.1) is 24.0 Å². The first kappa shape index (κ1) is 12.4. The Morgan fingerprint density at radius 3 is 3.20 bits per heavy atom. The summed E-state index contributed by atoms with van der Waals surface area (Å²) < 4.78 is 1.88. The molecule has 0 fully saturated rings. The molecule has 0 saturated carbocycles. The predicted molar refractivity (Wildman–Crippen MR) is 74.7 cm³/mol. The normalized spacial score (nSPS) is 12.4. The van der Waals surface area contributed by atoms with Crippen molar-refractivity contribution in [1.82, 2.24) is 24.7 Å². The van der Waals surface area contributed by atoms with Crippen LogP contribution < -0.4 is 0 Å². The second-order valence-corrected chi connectivity index (χ2v) is 4.72. The molecule has 0 unspecified atom stereocenters. The molecule has 3 aromatic heterocycles. The molecule has 6 heteroatoms. The highest BCUT2D eigenvalue weighted by molar-refractivity contribution is 5.89. The molecule has 20 heavy (non-hydrogen) atoms. The lowest BCUT2D eigenvalue weighted by Gasteiger charge is -2.09. The minimum absolute atomic E-state index is 0.201. The molecule has 0 aromatic carbocycles. The molecule has 1 N–H and O–H groups in total. The molecule has 0 saturated heterocycles. The summed E-state index contributed by atoms with van der Waals surface area (Å²) in [4.78, 5) is 11.6. The molecule has 3 rings (SSSR count). The first-order valence-corrected chi connectivity index (χ1v) is 6.49. The van der Waals surface area contributed by atoms with Crippen molar-refractivity contribution in [1.29, 1.82) is 5.26 Å². The van der Waals surface area contributed by atoms with Gasteiger partial charge in [-0.25, -0.2) is 9.97 Å². The Morgan fingerprint density at radius 2 is 2.35 bits per heavy atom. The van der Waals surface area contributed by atoms with Crippen molar-refractivity contribution in [3.8, 4) is 17.3 Å². The molecule has 0 amide bonds. The average Bonchev–Trinajstić information content (AvgIpc) is 3.12. The number of nitrogens with zero attached hydrogens (tertiary/aromatic N) is 5. The molecule has 0 aliphatic rings. The maximum atomic E-state index is 8.64. The van der Waals surface area contributed by atoms with Crippen molar-refractivity contribution >= 4 is 11.0 Å². The number of rotatable bonds is 4. The maximum Gasteiger partial charge on any atom is 0.141 e. The van der Waals surface area contributed by atoms with Gasteiger partial charge in [-0.05, 0) is 19.4 Å². The Balaban J connectivity index is 1.94. The van der Waals surface area contributed by atoms with Crippen molar-refractivity contribution in [2.24, 2.45) is 0 Å². The van der Waals surface area contributed by atoms with Crippen molar-refractivity contribution < 1.29 is 0 Å². The highest BCUT2D eigenvalue weighted by Crippen LogP contribution is 2.25. The van der Waals surface area contributed by atoms with E-state index in [9.17, 15) is 0 Å². The molecule has 0 aliphatic heterocycles. The summed E-state index contributed by atoms with van der Waals surface area (Å²) in [5, 5.41) is 14.0. The van der Waals surface area contributed by atoms with Crippen LogP contribution in [0.3, 0.4) is 0 Å². The van der Waals surface area contributed by atoms with Crippen molar-refractivity contribution in [2.75, 3.05) is 0 Å². The minimum Gasteiger partial charge on any atom is -0.346 e. The van der Waals surface area contributed by atoms with E-state index in [4.69, 9.17) is 5.26 Å². The molecule has 3 aromatic rings. The summed E-state index contributed by atoms with van der Waals surface area (Å²) in [6.07, 6.45) is 8.49. The van der Waals surface area contributed by atoms with E-state index in [-0.39, 0.29) is 6.04 Å². The monoisotopic (exact) mass is 266 g/mol. The van der Waals surface area contributed by atoms with Gasteiger partial charge in [-0.1, -0.05) is 0 Å². The van der Waals surface area contributed by atoms with E-state index < -0.39 is 0 Å². The average molecular weight is 266 g/mol. The fourth-order valence-electron chi connectivity index (χ4n) is 2.21. The van der Waals surface area contributed by atoms with Crippen molar-refractivity contribution in [3.05, 3.63) is 31.0 Å². The molecule has 100 valence electrons. The van der Waals surface area contributed by atoms with Crippen LogP contribution in [-0.2, 0) is 0 Å². The number of nitrogens with one attached hydrogen (secondary N) is 1. The van der Waals surface area contributed by atoms with Gasteiger partial charge < -0.3 is 4.98 Å². The maximum absolute atomic E-state index is 8.64. The van der Waals surface area contributed by atoms with Gasteiger partial charge in [0.15, 0.2) is 0 Å². The third-order valence-corrected chi connectivity index (χ3v) is 3.35. The summed E-state index contributed by atoms with van der Waals surface area (Å²) >= 11 is 0. The summed E-state index contributed by atoms with van der Waals surface area (Å²) in [5.74, 6) is 0. The van der Waals surface area contributed by atoms with Gasteiger partial charge in [-0.3, -0.25) is 4.68 Å². The van der Waals surface area contributed by atoms with Gasteiger partial charge >= 0.3 is 0 Å². The second kappa shape index (κ2) is 5.13. The largest absolute Gasteiger partial charge is 0.346 e. The van der Waals surface area contributed by atoms with Crippen LogP contribution in [0.15, 0.2) is 31.0 Å². The van der Waals surface area contributed by atoms with Crippen molar-refractivity contribution in [3.63, 3.8) is 0 Å². The SMILES string of the molecule is C[C@H](CCC#N)n1cc(-c2ncnc3[nH]ccc23)cn1. The first-order chi connectivity index (χ1) is 9.79. The van der Waals surface area contributed by atoms with E-state index in [0.717, 1.165) is 28.7 Å². The molecular formula is C14H14N6. The fourth-order valence-corrected chi connectivity index (χ4v) is 2.21. The molecule has 6 nitrogen and oxygen atoms in total. The van der Waals surface area contributed by atoms with Gasteiger partial charge in [0.2, 0.25) is 0 Å². The molecular weight excluding hydrogens is 252 g/mol. The van der Waals surface area contributed by atoms with Gasteiger partial charge in [0.25, 0.3) is 0 Å². The molecule has 0 spiro atoms. The Morgan fingerprint density at radius 1 is 1.45 bits per heavy atom. The standard InChI is InChI=1S/C14H14N6/c1-10(3-2-5-15)20-8-11(7-19-20)13-12-4-6-16-14(12)18-9-17-13/h4,6-10H,2-3H2,1H3,(H,16,17,18)/t10-/m1/s1. The number of aromatic amines is 1. The number of H-pyrrole nitrogens is 1. The quantitative estimate of drug-likeness (QED) is 0.787. The van der Waals surface area contributed by atoms with E-state index in [0.29, 0.717) is 6.42 Å². The Bertz CT molecular complexity index is 763. The molecule has 0 aliphatic carbocycles. The van der Waals surface area contributed by atoms with Crippen LogP contribution in [0.1, 0.15) is 25.8 Å². The predicted octanol–water partition coefficient (Wildman–Crippen LogP) is 2.69. The van der Waals surface area contributed by atoms with E-state index in [1.165, 1.54) is 0 Å². The van der Waals surface area contributed by atoms with Gasteiger partial charge in [-0.15, -0.1) is 0 Å². The fraction of sp³-hybridized carbons (Fsp3) is 0.286. The lowest BCUT2D eigenvalue weighted by atomic mass is 10.2. The lowest BCUT2D eigenvalue weighted by Crippen LogP contribution is -2.04. The second-order valence-electron chi connectivity index (χ2n) is 4.72. The van der Waals surface area contributed by atoms with Crippen LogP contribution in [0.25, 0.3) is 22.3 Å². The summed E-state index contributed by atoms with van der Waals surface area (Å²) in [5.41, 5.74) is 2.65. The number of hydrogen-bond acceptors (Lipinski definition) is 4. The zero-order valence-corrected chi connectivity index (χ0v) is 11.1. The van der Waals surface area contributed by atoms with Crippen LogP contribution in [0.5, 0.6) is 0 Å². The van der Waals surface area contributed by atoms with E-state index >= 15 is 0 Å². The summed E-state index contributed by atoms with van der Waals surface area (Å²) in [6, 6.07) is 4.32. The Hall–Kier alpha value is -2.68.